The average molecular weight is 208 g/mol. The smallest absolute Gasteiger partial charge is 0.208 e. The second-order valence-corrected chi connectivity index (χ2v) is 6.05. The van der Waals surface area contributed by atoms with Gasteiger partial charge in [0.1, 0.15) is 0 Å². The lowest BCUT2D eigenvalue weighted by Gasteiger charge is -2.14. The topological polar surface area (TPSA) is 9.23 Å². The fourth-order valence-corrected chi connectivity index (χ4v) is 4.13. The van der Waals surface area contributed by atoms with Crippen LogP contribution in [-0.2, 0) is 4.43 Å². The first kappa shape index (κ1) is 11.5. The van der Waals surface area contributed by atoms with E-state index in [4.69, 9.17) is 4.43 Å². The van der Waals surface area contributed by atoms with Gasteiger partial charge in [0.25, 0.3) is 0 Å². The van der Waals surface area contributed by atoms with Gasteiger partial charge >= 0.3 is 0 Å². The van der Waals surface area contributed by atoms with E-state index in [9.17, 15) is 0 Å². The number of hydrogen-bond donors (Lipinski definition) is 0. The lowest BCUT2D eigenvalue weighted by Crippen LogP contribution is -2.33. The summed E-state index contributed by atoms with van der Waals surface area (Å²) in [6, 6.07) is 12.0. The molecule has 1 nitrogen and oxygen atoms in total. The van der Waals surface area contributed by atoms with Crippen molar-refractivity contribution >= 4 is 14.2 Å². The van der Waals surface area contributed by atoms with Crippen LogP contribution in [0.5, 0.6) is 0 Å². The Morgan fingerprint density at radius 2 is 1.86 bits per heavy atom. The Morgan fingerprint density at radius 1 is 1.14 bits per heavy atom. The van der Waals surface area contributed by atoms with Gasteiger partial charge in [0.2, 0.25) is 9.04 Å². The van der Waals surface area contributed by atoms with E-state index in [0.717, 1.165) is 6.61 Å². The highest BCUT2D eigenvalue weighted by molar-refractivity contribution is 6.67. The highest BCUT2D eigenvalue weighted by Crippen LogP contribution is 2.03. The van der Waals surface area contributed by atoms with Crippen LogP contribution in [0.1, 0.15) is 26.7 Å². The summed E-state index contributed by atoms with van der Waals surface area (Å²) in [4.78, 5) is 0. The molecule has 0 saturated heterocycles. The molecule has 0 radical (unpaired) electrons. The van der Waals surface area contributed by atoms with Crippen molar-refractivity contribution in [3.8, 4) is 0 Å². The maximum absolute atomic E-state index is 5.87. The molecule has 1 atom stereocenters. The van der Waals surface area contributed by atoms with E-state index in [1.54, 1.807) is 0 Å². The molecular formula is C12H20OSi. The highest BCUT2D eigenvalue weighted by Gasteiger charge is 2.12. The summed E-state index contributed by atoms with van der Waals surface area (Å²) in [6.45, 7) is 5.19. The van der Waals surface area contributed by atoms with Crippen LogP contribution in [0.25, 0.3) is 0 Å². The molecule has 0 amide bonds. The van der Waals surface area contributed by atoms with E-state index in [-0.39, 0.29) is 0 Å². The predicted molar refractivity (Wildman–Crippen MR) is 64.6 cm³/mol. The van der Waals surface area contributed by atoms with Crippen molar-refractivity contribution in [1.29, 1.82) is 0 Å². The summed E-state index contributed by atoms with van der Waals surface area (Å²) in [7, 11) is -1.11. The van der Waals surface area contributed by atoms with E-state index in [1.807, 2.05) is 0 Å². The number of benzene rings is 1. The molecule has 0 aliphatic carbocycles. The molecule has 78 valence electrons. The minimum absolute atomic E-state index is 0.857. The molecule has 0 spiro atoms. The van der Waals surface area contributed by atoms with Crippen molar-refractivity contribution in [3.05, 3.63) is 30.3 Å². The van der Waals surface area contributed by atoms with Crippen LogP contribution in [0, 0.1) is 0 Å². The van der Waals surface area contributed by atoms with E-state index in [0.29, 0.717) is 0 Å². The molecule has 0 N–H and O–H groups in total. The van der Waals surface area contributed by atoms with Crippen molar-refractivity contribution in [3.63, 3.8) is 0 Å². The highest BCUT2D eigenvalue weighted by atomic mass is 28.3. The molecule has 1 aromatic carbocycles. The summed E-state index contributed by atoms with van der Waals surface area (Å²) in [6.07, 6.45) is 2.56. The Bertz CT molecular complexity index is 235. The third kappa shape index (κ3) is 3.64. The molecule has 14 heavy (non-hydrogen) atoms. The minimum atomic E-state index is -1.11. The SMILES string of the molecule is CCCC[SiH](OCC)c1ccccc1. The third-order valence-electron chi connectivity index (χ3n) is 2.36. The lowest BCUT2D eigenvalue weighted by atomic mass is 10.4. The van der Waals surface area contributed by atoms with Gasteiger partial charge < -0.3 is 4.43 Å². The van der Waals surface area contributed by atoms with Gasteiger partial charge in [-0.3, -0.25) is 0 Å². The maximum atomic E-state index is 5.87. The van der Waals surface area contributed by atoms with Crippen LogP contribution in [0.4, 0.5) is 0 Å². The van der Waals surface area contributed by atoms with Gasteiger partial charge in [0, 0.05) is 6.61 Å². The van der Waals surface area contributed by atoms with E-state index >= 15 is 0 Å². The second kappa shape index (κ2) is 6.79. The average Bonchev–Trinajstić information content (AvgIpc) is 2.25. The maximum Gasteiger partial charge on any atom is 0.208 e. The summed E-state index contributed by atoms with van der Waals surface area (Å²) in [5, 5.41) is 1.45. The fraction of sp³-hybridized carbons (Fsp3) is 0.500. The first-order valence-corrected chi connectivity index (χ1v) is 7.41. The Balaban J connectivity index is 2.58. The third-order valence-corrected chi connectivity index (χ3v) is 5.16. The zero-order valence-electron chi connectivity index (χ0n) is 9.20. The van der Waals surface area contributed by atoms with Gasteiger partial charge in [-0.25, -0.2) is 0 Å². The zero-order chi connectivity index (χ0) is 10.2. The van der Waals surface area contributed by atoms with Gasteiger partial charge in [-0.15, -0.1) is 0 Å². The van der Waals surface area contributed by atoms with Crippen molar-refractivity contribution in [2.24, 2.45) is 0 Å². The standard InChI is InChI=1S/C12H20OSi/c1-3-5-11-14(13-4-2)12-9-7-6-8-10-12/h6-10,14H,3-5,11H2,1-2H3. The van der Waals surface area contributed by atoms with Gasteiger partial charge in [0.05, 0.1) is 0 Å². The summed E-state index contributed by atoms with van der Waals surface area (Å²) in [5.74, 6) is 0. The molecule has 0 bridgehead atoms. The van der Waals surface area contributed by atoms with Crippen LogP contribution < -0.4 is 5.19 Å². The molecule has 0 heterocycles. The normalized spacial score (nSPS) is 12.7. The molecule has 1 unspecified atom stereocenters. The molecule has 0 aromatic heterocycles. The van der Waals surface area contributed by atoms with Crippen LogP contribution in [0.2, 0.25) is 6.04 Å². The molecule has 1 rings (SSSR count). The van der Waals surface area contributed by atoms with Gasteiger partial charge in [-0.05, 0) is 18.2 Å². The molecule has 1 aromatic rings. The van der Waals surface area contributed by atoms with Gasteiger partial charge in [-0.1, -0.05) is 50.1 Å². The predicted octanol–water partition coefficient (Wildman–Crippen LogP) is 2.45. The van der Waals surface area contributed by atoms with Crippen LogP contribution in [0.15, 0.2) is 30.3 Å². The van der Waals surface area contributed by atoms with E-state index < -0.39 is 9.04 Å². The number of unbranched alkanes of at least 4 members (excludes halogenated alkanes) is 1. The quantitative estimate of drug-likeness (QED) is 0.653. The fourth-order valence-electron chi connectivity index (χ4n) is 1.60. The Hall–Kier alpha value is -0.603. The van der Waals surface area contributed by atoms with Crippen molar-refractivity contribution in [1.82, 2.24) is 0 Å². The van der Waals surface area contributed by atoms with Crippen LogP contribution in [-0.4, -0.2) is 15.6 Å². The van der Waals surface area contributed by atoms with Gasteiger partial charge in [0.15, 0.2) is 0 Å². The Morgan fingerprint density at radius 3 is 2.43 bits per heavy atom. The van der Waals surface area contributed by atoms with Crippen LogP contribution in [0.3, 0.4) is 0 Å². The van der Waals surface area contributed by atoms with E-state index in [2.05, 4.69) is 44.2 Å². The number of rotatable bonds is 6. The molecule has 0 fully saturated rings. The largest absolute Gasteiger partial charge is 0.416 e. The Kier molecular flexibility index (Phi) is 5.57. The molecular weight excluding hydrogens is 188 g/mol. The monoisotopic (exact) mass is 208 g/mol. The first-order chi connectivity index (χ1) is 6.88. The molecule has 0 aliphatic heterocycles. The van der Waals surface area contributed by atoms with Crippen molar-refractivity contribution in [2.75, 3.05) is 6.61 Å². The summed E-state index contributed by atoms with van der Waals surface area (Å²) < 4.78 is 5.87. The van der Waals surface area contributed by atoms with Gasteiger partial charge in [-0.2, -0.15) is 0 Å². The Labute approximate surface area is 88.8 Å². The van der Waals surface area contributed by atoms with Crippen molar-refractivity contribution in [2.45, 2.75) is 32.7 Å². The number of hydrogen-bond acceptors (Lipinski definition) is 1. The minimum Gasteiger partial charge on any atom is -0.416 e. The molecule has 2 heteroatoms. The van der Waals surface area contributed by atoms with E-state index in [1.165, 1.54) is 24.1 Å². The summed E-state index contributed by atoms with van der Waals surface area (Å²) >= 11 is 0. The lowest BCUT2D eigenvalue weighted by molar-refractivity contribution is 0.349. The van der Waals surface area contributed by atoms with Crippen molar-refractivity contribution < 1.29 is 4.43 Å². The summed E-state index contributed by atoms with van der Waals surface area (Å²) in [5.41, 5.74) is 0. The zero-order valence-corrected chi connectivity index (χ0v) is 10.4. The molecule has 0 aliphatic rings. The first-order valence-electron chi connectivity index (χ1n) is 5.55. The van der Waals surface area contributed by atoms with Crippen LogP contribution >= 0.6 is 0 Å². The molecule has 0 saturated carbocycles. The second-order valence-electron chi connectivity index (χ2n) is 3.50.